The molecule has 0 saturated carbocycles. The minimum atomic E-state index is 0.192. The van der Waals surface area contributed by atoms with Crippen LogP contribution < -0.4 is 15.2 Å². The molecule has 0 fully saturated rings. The van der Waals surface area contributed by atoms with E-state index in [0.717, 1.165) is 35.7 Å². The van der Waals surface area contributed by atoms with Crippen molar-refractivity contribution >= 4 is 0 Å². The predicted octanol–water partition coefficient (Wildman–Crippen LogP) is 4.08. The zero-order chi connectivity index (χ0) is 15.2. The van der Waals surface area contributed by atoms with Crippen molar-refractivity contribution in [1.29, 1.82) is 0 Å². The molecule has 3 heteroatoms. The van der Waals surface area contributed by atoms with E-state index in [1.807, 2.05) is 31.2 Å². The summed E-state index contributed by atoms with van der Waals surface area (Å²) in [6.07, 6.45) is 1.84. The first kappa shape index (κ1) is 15.4. The van der Waals surface area contributed by atoms with Crippen LogP contribution in [0.2, 0.25) is 0 Å². The zero-order valence-electron chi connectivity index (χ0n) is 12.9. The fraction of sp³-hybridized carbons (Fsp3) is 0.333. The van der Waals surface area contributed by atoms with Crippen LogP contribution in [0.15, 0.2) is 42.5 Å². The summed E-state index contributed by atoms with van der Waals surface area (Å²) in [5, 5.41) is 0. The van der Waals surface area contributed by atoms with E-state index in [-0.39, 0.29) is 6.04 Å². The summed E-state index contributed by atoms with van der Waals surface area (Å²) in [6.45, 7) is 4.14. The van der Waals surface area contributed by atoms with E-state index in [1.165, 1.54) is 5.56 Å². The first-order valence-electron chi connectivity index (χ1n) is 7.29. The van der Waals surface area contributed by atoms with Crippen molar-refractivity contribution in [3.05, 3.63) is 53.6 Å². The molecule has 2 N–H and O–H groups in total. The Balaban J connectivity index is 2.20. The molecule has 112 valence electrons. The fourth-order valence-corrected chi connectivity index (χ4v) is 2.12. The lowest BCUT2D eigenvalue weighted by Gasteiger charge is -2.13. The Kier molecular flexibility index (Phi) is 5.23. The van der Waals surface area contributed by atoms with E-state index in [1.54, 1.807) is 7.11 Å². The average molecular weight is 285 g/mol. The maximum atomic E-state index is 6.03. The van der Waals surface area contributed by atoms with E-state index in [0.29, 0.717) is 0 Å². The van der Waals surface area contributed by atoms with Gasteiger partial charge in [-0.15, -0.1) is 0 Å². The smallest absolute Gasteiger partial charge is 0.131 e. The van der Waals surface area contributed by atoms with E-state index in [2.05, 4.69) is 25.1 Å². The number of rotatable bonds is 6. The molecule has 0 radical (unpaired) electrons. The highest BCUT2D eigenvalue weighted by Gasteiger charge is 2.07. The highest BCUT2D eigenvalue weighted by Crippen LogP contribution is 2.28. The molecule has 21 heavy (non-hydrogen) atoms. The average Bonchev–Trinajstić information content (AvgIpc) is 2.50. The van der Waals surface area contributed by atoms with Crippen molar-refractivity contribution in [3.8, 4) is 17.2 Å². The molecular formula is C18H23NO2. The van der Waals surface area contributed by atoms with Crippen LogP contribution in [-0.2, 0) is 6.42 Å². The molecule has 0 bridgehead atoms. The quantitative estimate of drug-likeness (QED) is 0.870. The molecule has 0 aromatic heterocycles. The Morgan fingerprint density at radius 3 is 2.57 bits per heavy atom. The number of aryl methyl sites for hydroxylation is 1. The number of hydrogen-bond donors (Lipinski definition) is 1. The molecule has 0 aliphatic rings. The largest absolute Gasteiger partial charge is 0.497 e. The molecule has 1 atom stereocenters. The van der Waals surface area contributed by atoms with Crippen molar-refractivity contribution in [3.63, 3.8) is 0 Å². The minimum absolute atomic E-state index is 0.192. The number of nitrogens with two attached hydrogens (primary N) is 1. The summed E-state index contributed by atoms with van der Waals surface area (Å²) in [4.78, 5) is 0. The van der Waals surface area contributed by atoms with Crippen LogP contribution in [0.3, 0.4) is 0 Å². The third-order valence-electron chi connectivity index (χ3n) is 3.54. The SMILES string of the molecule is CCC(N)Cc1ccc(C)c(Oc2cccc(OC)c2)c1. The second-order valence-corrected chi connectivity index (χ2v) is 5.25. The van der Waals surface area contributed by atoms with Gasteiger partial charge in [-0.1, -0.05) is 25.1 Å². The molecule has 2 rings (SSSR count). The maximum absolute atomic E-state index is 6.03. The van der Waals surface area contributed by atoms with Crippen LogP contribution in [0.5, 0.6) is 17.2 Å². The molecular weight excluding hydrogens is 262 g/mol. The molecule has 2 aromatic carbocycles. The highest BCUT2D eigenvalue weighted by atomic mass is 16.5. The molecule has 0 amide bonds. The topological polar surface area (TPSA) is 44.5 Å². The summed E-state index contributed by atoms with van der Waals surface area (Å²) in [5.41, 5.74) is 8.33. The van der Waals surface area contributed by atoms with Gasteiger partial charge in [0.2, 0.25) is 0 Å². The zero-order valence-corrected chi connectivity index (χ0v) is 12.9. The summed E-state index contributed by atoms with van der Waals surface area (Å²) >= 11 is 0. The van der Waals surface area contributed by atoms with E-state index < -0.39 is 0 Å². The normalized spacial score (nSPS) is 12.0. The summed E-state index contributed by atoms with van der Waals surface area (Å²) < 4.78 is 11.2. The molecule has 0 saturated heterocycles. The van der Waals surface area contributed by atoms with Crippen LogP contribution in [0.1, 0.15) is 24.5 Å². The van der Waals surface area contributed by atoms with E-state index in [9.17, 15) is 0 Å². The van der Waals surface area contributed by atoms with Gasteiger partial charge in [-0.2, -0.15) is 0 Å². The molecule has 0 heterocycles. The summed E-state index contributed by atoms with van der Waals surface area (Å²) in [6, 6.07) is 14.1. The lowest BCUT2D eigenvalue weighted by atomic mass is 10.0. The van der Waals surface area contributed by atoms with Crippen LogP contribution in [-0.4, -0.2) is 13.2 Å². The van der Waals surface area contributed by atoms with Crippen LogP contribution in [0.4, 0.5) is 0 Å². The van der Waals surface area contributed by atoms with Gasteiger partial charge < -0.3 is 15.2 Å². The van der Waals surface area contributed by atoms with Crippen molar-refractivity contribution < 1.29 is 9.47 Å². The number of benzene rings is 2. The third kappa shape index (κ3) is 4.23. The van der Waals surface area contributed by atoms with Gasteiger partial charge in [0.05, 0.1) is 7.11 Å². The lowest BCUT2D eigenvalue weighted by molar-refractivity contribution is 0.408. The monoisotopic (exact) mass is 285 g/mol. The van der Waals surface area contributed by atoms with Crippen molar-refractivity contribution in [2.75, 3.05) is 7.11 Å². The Bertz CT molecular complexity index is 596. The minimum Gasteiger partial charge on any atom is -0.497 e. The number of ether oxygens (including phenoxy) is 2. The van der Waals surface area contributed by atoms with Crippen LogP contribution in [0.25, 0.3) is 0 Å². The third-order valence-corrected chi connectivity index (χ3v) is 3.54. The Morgan fingerprint density at radius 2 is 1.86 bits per heavy atom. The van der Waals surface area contributed by atoms with Crippen molar-refractivity contribution in [1.82, 2.24) is 0 Å². The summed E-state index contributed by atoms with van der Waals surface area (Å²) in [5.74, 6) is 2.42. The Labute approximate surface area is 126 Å². The van der Waals surface area contributed by atoms with Gasteiger partial charge in [0.1, 0.15) is 17.2 Å². The van der Waals surface area contributed by atoms with Gasteiger partial charge in [-0.05, 0) is 49.1 Å². The van der Waals surface area contributed by atoms with Crippen molar-refractivity contribution in [2.45, 2.75) is 32.7 Å². The highest BCUT2D eigenvalue weighted by molar-refractivity contribution is 5.42. The van der Waals surface area contributed by atoms with Gasteiger partial charge in [0.15, 0.2) is 0 Å². The Morgan fingerprint density at radius 1 is 1.10 bits per heavy atom. The first-order chi connectivity index (χ1) is 10.1. The van der Waals surface area contributed by atoms with Gasteiger partial charge in [0, 0.05) is 12.1 Å². The van der Waals surface area contributed by atoms with Crippen LogP contribution in [0, 0.1) is 6.92 Å². The lowest BCUT2D eigenvalue weighted by Crippen LogP contribution is -2.21. The summed E-state index contributed by atoms with van der Waals surface area (Å²) in [7, 11) is 1.65. The standard InChI is InChI=1S/C18H23NO2/c1-4-15(19)10-14-9-8-13(2)18(11-14)21-17-7-5-6-16(12-17)20-3/h5-9,11-12,15H,4,10,19H2,1-3H3. The van der Waals surface area contributed by atoms with Gasteiger partial charge in [-0.25, -0.2) is 0 Å². The molecule has 2 aromatic rings. The molecule has 1 unspecified atom stereocenters. The maximum Gasteiger partial charge on any atom is 0.131 e. The van der Waals surface area contributed by atoms with E-state index >= 15 is 0 Å². The van der Waals surface area contributed by atoms with Crippen LogP contribution >= 0.6 is 0 Å². The Hall–Kier alpha value is -2.00. The molecule has 0 aliphatic carbocycles. The molecule has 3 nitrogen and oxygen atoms in total. The molecule has 0 spiro atoms. The number of hydrogen-bond acceptors (Lipinski definition) is 3. The van der Waals surface area contributed by atoms with Gasteiger partial charge in [0.25, 0.3) is 0 Å². The number of methoxy groups -OCH3 is 1. The second kappa shape index (κ2) is 7.14. The second-order valence-electron chi connectivity index (χ2n) is 5.25. The predicted molar refractivity (Wildman–Crippen MR) is 86.2 cm³/mol. The fourth-order valence-electron chi connectivity index (χ4n) is 2.12. The van der Waals surface area contributed by atoms with Gasteiger partial charge in [-0.3, -0.25) is 0 Å². The molecule has 0 aliphatic heterocycles. The van der Waals surface area contributed by atoms with E-state index in [4.69, 9.17) is 15.2 Å². The first-order valence-corrected chi connectivity index (χ1v) is 7.29. The van der Waals surface area contributed by atoms with Gasteiger partial charge >= 0.3 is 0 Å². The van der Waals surface area contributed by atoms with Crippen molar-refractivity contribution in [2.24, 2.45) is 5.73 Å².